The lowest BCUT2D eigenvalue weighted by Crippen LogP contribution is -2.34. The Balaban J connectivity index is 1.45. The predicted molar refractivity (Wildman–Crippen MR) is 121 cm³/mol. The van der Waals surface area contributed by atoms with Crippen LogP contribution in [-0.4, -0.2) is 12.2 Å². The summed E-state index contributed by atoms with van der Waals surface area (Å²) in [6.45, 7) is 2.49. The summed E-state index contributed by atoms with van der Waals surface area (Å²) in [7, 11) is 1.66. The molecule has 3 rings (SSSR count). The van der Waals surface area contributed by atoms with Crippen molar-refractivity contribution in [1.82, 2.24) is 10.6 Å². The van der Waals surface area contributed by atoms with Crippen LogP contribution < -0.4 is 15.4 Å². The highest BCUT2D eigenvalue weighted by atomic mass is 32.1. The maximum atomic E-state index is 5.89. The zero-order chi connectivity index (χ0) is 20.3. The van der Waals surface area contributed by atoms with Crippen molar-refractivity contribution in [3.8, 4) is 5.75 Å². The topological polar surface area (TPSA) is 42.5 Å². The maximum absolute atomic E-state index is 5.89. The molecule has 2 N–H and O–H groups in total. The summed E-state index contributed by atoms with van der Waals surface area (Å²) in [5.41, 5.74) is 4.65. The summed E-state index contributed by atoms with van der Waals surface area (Å²) in [6.07, 6.45) is 0. The van der Waals surface area contributed by atoms with E-state index in [0.717, 1.165) is 16.9 Å². The van der Waals surface area contributed by atoms with Gasteiger partial charge in [-0.2, -0.15) is 0 Å². The van der Waals surface area contributed by atoms with Crippen LogP contribution in [0.3, 0.4) is 0 Å². The van der Waals surface area contributed by atoms with Gasteiger partial charge in [0.05, 0.1) is 20.3 Å². The number of nitrogens with one attached hydrogen (secondary N) is 2. The highest BCUT2D eigenvalue weighted by molar-refractivity contribution is 7.80. The molecule has 0 bridgehead atoms. The summed E-state index contributed by atoms with van der Waals surface area (Å²) < 4.78 is 11.1. The van der Waals surface area contributed by atoms with Gasteiger partial charge in [-0.3, -0.25) is 0 Å². The van der Waals surface area contributed by atoms with Crippen molar-refractivity contribution in [1.29, 1.82) is 0 Å². The second-order valence-corrected chi connectivity index (χ2v) is 7.04. The number of rotatable bonds is 9. The van der Waals surface area contributed by atoms with Crippen LogP contribution in [0, 0.1) is 0 Å². The molecule has 0 saturated heterocycles. The molecule has 0 aromatic heterocycles. The molecular formula is C24H26N2O2S. The maximum Gasteiger partial charge on any atom is 0.166 e. The molecule has 0 aliphatic heterocycles. The first-order chi connectivity index (χ1) is 14.2. The number of thiocarbonyl (C=S) groups is 1. The van der Waals surface area contributed by atoms with Crippen molar-refractivity contribution in [3.63, 3.8) is 0 Å². The fraction of sp³-hybridized carbons (Fsp3) is 0.208. The molecule has 4 nitrogen and oxygen atoms in total. The van der Waals surface area contributed by atoms with E-state index in [9.17, 15) is 0 Å². The summed E-state index contributed by atoms with van der Waals surface area (Å²) in [6, 6.07) is 26.4. The largest absolute Gasteiger partial charge is 0.497 e. The van der Waals surface area contributed by atoms with E-state index in [1.165, 1.54) is 11.1 Å². The molecule has 0 heterocycles. The normalized spacial score (nSPS) is 10.4. The molecule has 0 spiro atoms. The molecule has 0 unspecified atom stereocenters. The average molecular weight is 407 g/mol. The predicted octanol–water partition coefficient (Wildman–Crippen LogP) is 4.58. The van der Waals surface area contributed by atoms with Crippen LogP contribution in [0.1, 0.15) is 22.3 Å². The van der Waals surface area contributed by atoms with E-state index in [2.05, 4.69) is 34.9 Å². The molecule has 0 amide bonds. The molecule has 0 atom stereocenters. The van der Waals surface area contributed by atoms with Crippen LogP contribution in [0.4, 0.5) is 0 Å². The molecular weight excluding hydrogens is 380 g/mol. The second-order valence-electron chi connectivity index (χ2n) is 6.63. The number of ether oxygens (including phenoxy) is 2. The molecule has 0 aliphatic rings. The lowest BCUT2D eigenvalue weighted by atomic mass is 10.1. The van der Waals surface area contributed by atoms with E-state index < -0.39 is 0 Å². The van der Waals surface area contributed by atoms with Gasteiger partial charge in [0.25, 0.3) is 0 Å². The summed E-state index contributed by atoms with van der Waals surface area (Å²) in [4.78, 5) is 0. The highest BCUT2D eigenvalue weighted by Gasteiger charge is 2.04. The van der Waals surface area contributed by atoms with E-state index in [-0.39, 0.29) is 0 Å². The number of methoxy groups -OCH3 is 1. The Morgan fingerprint density at radius 2 is 1.38 bits per heavy atom. The Morgan fingerprint density at radius 3 is 2.10 bits per heavy atom. The van der Waals surface area contributed by atoms with E-state index in [1.807, 2.05) is 54.6 Å². The van der Waals surface area contributed by atoms with Crippen LogP contribution >= 0.6 is 12.2 Å². The Kier molecular flexibility index (Phi) is 8.04. The van der Waals surface area contributed by atoms with Gasteiger partial charge in [0.1, 0.15) is 5.75 Å². The lowest BCUT2D eigenvalue weighted by Gasteiger charge is -2.14. The van der Waals surface area contributed by atoms with Gasteiger partial charge >= 0.3 is 0 Å². The van der Waals surface area contributed by atoms with Gasteiger partial charge in [-0.05, 0) is 46.6 Å². The van der Waals surface area contributed by atoms with Gasteiger partial charge in [0, 0.05) is 13.1 Å². The minimum Gasteiger partial charge on any atom is -0.497 e. The van der Waals surface area contributed by atoms with Crippen molar-refractivity contribution in [2.75, 3.05) is 7.11 Å². The molecule has 0 aliphatic carbocycles. The summed E-state index contributed by atoms with van der Waals surface area (Å²) in [5.74, 6) is 0.848. The number of hydrogen-bond donors (Lipinski definition) is 2. The van der Waals surface area contributed by atoms with Gasteiger partial charge in [-0.15, -0.1) is 0 Å². The second kappa shape index (κ2) is 11.2. The average Bonchev–Trinajstić information content (AvgIpc) is 2.78. The fourth-order valence-corrected chi connectivity index (χ4v) is 3.03. The minimum absolute atomic E-state index is 0.568. The Labute approximate surface area is 177 Å². The van der Waals surface area contributed by atoms with Gasteiger partial charge in [-0.1, -0.05) is 66.7 Å². The third-order valence-corrected chi connectivity index (χ3v) is 4.83. The molecule has 3 aromatic carbocycles. The Bertz CT molecular complexity index is 898. The van der Waals surface area contributed by atoms with E-state index in [1.54, 1.807) is 7.11 Å². The first-order valence-electron chi connectivity index (χ1n) is 9.57. The third kappa shape index (κ3) is 6.89. The zero-order valence-corrected chi connectivity index (χ0v) is 17.4. The smallest absolute Gasteiger partial charge is 0.166 e. The monoisotopic (exact) mass is 406 g/mol. The number of benzene rings is 3. The fourth-order valence-electron chi connectivity index (χ4n) is 2.89. The van der Waals surface area contributed by atoms with Gasteiger partial charge < -0.3 is 20.1 Å². The lowest BCUT2D eigenvalue weighted by molar-refractivity contribution is 0.106. The van der Waals surface area contributed by atoms with Crippen molar-refractivity contribution < 1.29 is 9.47 Å². The molecule has 5 heteroatoms. The molecule has 29 heavy (non-hydrogen) atoms. The quantitative estimate of drug-likeness (QED) is 0.509. The Hall–Kier alpha value is -2.89. The summed E-state index contributed by atoms with van der Waals surface area (Å²) in [5, 5.41) is 7.15. The van der Waals surface area contributed by atoms with Crippen molar-refractivity contribution in [3.05, 3.63) is 101 Å². The van der Waals surface area contributed by atoms with Crippen LogP contribution in [0.15, 0.2) is 78.9 Å². The highest BCUT2D eigenvalue weighted by Crippen LogP contribution is 2.12. The molecule has 0 fully saturated rings. The third-order valence-electron chi connectivity index (χ3n) is 4.54. The Morgan fingerprint density at radius 1 is 0.724 bits per heavy atom. The first-order valence-corrected chi connectivity index (χ1v) is 9.98. The van der Waals surface area contributed by atoms with Crippen molar-refractivity contribution >= 4 is 17.3 Å². The van der Waals surface area contributed by atoms with Gasteiger partial charge in [-0.25, -0.2) is 0 Å². The van der Waals surface area contributed by atoms with Gasteiger partial charge in [0.2, 0.25) is 0 Å². The van der Waals surface area contributed by atoms with Crippen LogP contribution in [-0.2, 0) is 31.0 Å². The van der Waals surface area contributed by atoms with E-state index >= 15 is 0 Å². The summed E-state index contributed by atoms with van der Waals surface area (Å²) >= 11 is 5.42. The first kappa shape index (κ1) is 20.8. The zero-order valence-electron chi connectivity index (χ0n) is 16.6. The molecule has 150 valence electrons. The number of hydrogen-bond acceptors (Lipinski definition) is 3. The van der Waals surface area contributed by atoms with Crippen LogP contribution in [0.5, 0.6) is 5.75 Å². The van der Waals surface area contributed by atoms with Crippen molar-refractivity contribution in [2.45, 2.75) is 26.3 Å². The van der Waals surface area contributed by atoms with E-state index in [4.69, 9.17) is 21.7 Å². The van der Waals surface area contributed by atoms with Crippen molar-refractivity contribution in [2.24, 2.45) is 0 Å². The standard InChI is InChI=1S/C24H26N2O2S/c1-27-23-13-11-19(12-14-23)15-25-24(29)26-16-21-9-5-6-10-22(21)18-28-17-20-7-3-2-4-8-20/h2-14H,15-18H2,1H3,(H2,25,26,29). The van der Waals surface area contributed by atoms with Gasteiger partial charge in [0.15, 0.2) is 5.11 Å². The minimum atomic E-state index is 0.568. The molecule has 3 aromatic rings. The SMILES string of the molecule is COc1ccc(CNC(=S)NCc2ccccc2COCc2ccccc2)cc1. The van der Waals surface area contributed by atoms with Crippen LogP contribution in [0.2, 0.25) is 0 Å². The van der Waals surface area contributed by atoms with E-state index in [0.29, 0.717) is 31.4 Å². The van der Waals surface area contributed by atoms with Crippen LogP contribution in [0.25, 0.3) is 0 Å². The molecule has 0 radical (unpaired) electrons. The molecule has 0 saturated carbocycles.